The first kappa shape index (κ1) is 14.8. The van der Waals surface area contributed by atoms with E-state index in [9.17, 15) is 4.79 Å². The molecule has 0 saturated heterocycles. The lowest BCUT2D eigenvalue weighted by Gasteiger charge is -2.10. The molecule has 0 atom stereocenters. The molecule has 1 heterocycles. The van der Waals surface area contributed by atoms with Gasteiger partial charge in [-0.3, -0.25) is 9.78 Å². The maximum Gasteiger partial charge on any atom is 0.228 e. The van der Waals surface area contributed by atoms with E-state index in [4.69, 9.17) is 9.47 Å². The molecule has 0 bridgehead atoms. The average molecular weight is 286 g/mol. The van der Waals surface area contributed by atoms with Crippen LogP contribution in [-0.2, 0) is 11.2 Å². The topological polar surface area (TPSA) is 60.5 Å². The lowest BCUT2D eigenvalue weighted by atomic mass is 10.1. The summed E-state index contributed by atoms with van der Waals surface area (Å²) in [5.41, 5.74) is 2.45. The van der Waals surface area contributed by atoms with Crippen molar-refractivity contribution in [2.75, 3.05) is 19.5 Å². The van der Waals surface area contributed by atoms with Crippen LogP contribution >= 0.6 is 0 Å². The molecule has 0 aliphatic heterocycles. The smallest absolute Gasteiger partial charge is 0.228 e. The summed E-state index contributed by atoms with van der Waals surface area (Å²) in [5.74, 6) is 1.15. The quantitative estimate of drug-likeness (QED) is 0.917. The van der Waals surface area contributed by atoms with E-state index >= 15 is 0 Å². The molecule has 1 aromatic carbocycles. The van der Waals surface area contributed by atoms with Crippen LogP contribution < -0.4 is 14.8 Å². The highest BCUT2D eigenvalue weighted by atomic mass is 16.5. The number of benzene rings is 1. The Bertz CT molecular complexity index is 624. The molecule has 1 aromatic heterocycles. The predicted molar refractivity (Wildman–Crippen MR) is 80.9 cm³/mol. The van der Waals surface area contributed by atoms with Crippen LogP contribution in [0.4, 0.5) is 5.69 Å². The second-order valence-electron chi connectivity index (χ2n) is 4.60. The van der Waals surface area contributed by atoms with Crippen molar-refractivity contribution in [2.45, 2.75) is 13.3 Å². The highest BCUT2D eigenvalue weighted by Gasteiger charge is 2.08. The highest BCUT2D eigenvalue weighted by Crippen LogP contribution is 2.27. The van der Waals surface area contributed by atoms with E-state index in [-0.39, 0.29) is 12.3 Å². The third-order valence-electron chi connectivity index (χ3n) is 3.01. The van der Waals surface area contributed by atoms with Crippen molar-refractivity contribution in [3.63, 3.8) is 0 Å². The van der Waals surface area contributed by atoms with E-state index in [1.54, 1.807) is 32.5 Å². The lowest BCUT2D eigenvalue weighted by molar-refractivity contribution is -0.115. The number of anilines is 1. The summed E-state index contributed by atoms with van der Waals surface area (Å²) < 4.78 is 10.4. The predicted octanol–water partition coefficient (Wildman–Crippen LogP) is 2.59. The molecular formula is C16H18N2O3. The van der Waals surface area contributed by atoms with Gasteiger partial charge in [-0.15, -0.1) is 0 Å². The first-order valence-electron chi connectivity index (χ1n) is 6.56. The van der Waals surface area contributed by atoms with Crippen LogP contribution in [0.15, 0.2) is 36.5 Å². The Balaban J connectivity index is 2.04. The summed E-state index contributed by atoms with van der Waals surface area (Å²) in [5, 5.41) is 2.81. The summed E-state index contributed by atoms with van der Waals surface area (Å²) in [6, 6.07) is 9.11. The van der Waals surface area contributed by atoms with E-state index < -0.39 is 0 Å². The van der Waals surface area contributed by atoms with Gasteiger partial charge < -0.3 is 14.8 Å². The Kier molecular flexibility index (Phi) is 4.77. The van der Waals surface area contributed by atoms with Crippen molar-refractivity contribution in [3.05, 3.63) is 47.8 Å². The van der Waals surface area contributed by atoms with E-state index in [0.717, 1.165) is 11.3 Å². The number of aryl methyl sites for hydroxylation is 1. The van der Waals surface area contributed by atoms with Crippen LogP contribution in [0.5, 0.6) is 11.5 Å². The molecule has 5 heteroatoms. The van der Waals surface area contributed by atoms with Crippen molar-refractivity contribution in [2.24, 2.45) is 0 Å². The van der Waals surface area contributed by atoms with Crippen molar-refractivity contribution < 1.29 is 14.3 Å². The minimum atomic E-state index is -0.104. The van der Waals surface area contributed by atoms with Crippen LogP contribution in [0.25, 0.3) is 0 Å². The molecule has 0 aliphatic rings. The number of hydrogen-bond acceptors (Lipinski definition) is 4. The number of nitrogens with zero attached hydrogens (tertiary/aromatic N) is 1. The molecule has 1 N–H and O–H groups in total. The molecule has 0 spiro atoms. The van der Waals surface area contributed by atoms with Crippen molar-refractivity contribution in [1.29, 1.82) is 0 Å². The van der Waals surface area contributed by atoms with Crippen LogP contribution in [0, 0.1) is 6.92 Å². The summed E-state index contributed by atoms with van der Waals surface area (Å²) in [6.45, 7) is 1.90. The fraction of sp³-hybridized carbons (Fsp3) is 0.250. The number of carbonyl (C=O) groups is 1. The Hall–Kier alpha value is -2.56. The molecule has 2 rings (SSSR count). The zero-order valence-electron chi connectivity index (χ0n) is 12.3. The fourth-order valence-corrected chi connectivity index (χ4v) is 1.92. The summed E-state index contributed by atoms with van der Waals surface area (Å²) in [7, 11) is 3.15. The molecule has 5 nitrogen and oxygen atoms in total. The van der Waals surface area contributed by atoms with E-state index in [1.165, 1.54) is 0 Å². The molecule has 0 radical (unpaired) electrons. The number of methoxy groups -OCH3 is 2. The van der Waals surface area contributed by atoms with E-state index in [1.807, 2.05) is 25.1 Å². The van der Waals surface area contributed by atoms with Crippen LogP contribution in [0.1, 0.15) is 11.3 Å². The summed E-state index contributed by atoms with van der Waals surface area (Å²) in [4.78, 5) is 16.1. The van der Waals surface area contributed by atoms with Gasteiger partial charge in [0.25, 0.3) is 0 Å². The Morgan fingerprint density at radius 2 is 1.90 bits per heavy atom. The summed E-state index contributed by atoms with van der Waals surface area (Å²) in [6.07, 6.45) is 1.90. The largest absolute Gasteiger partial charge is 0.493 e. The zero-order chi connectivity index (χ0) is 15.2. The Labute approximate surface area is 123 Å². The average Bonchev–Trinajstić information content (AvgIpc) is 2.49. The molecule has 1 amide bonds. The molecule has 0 aliphatic carbocycles. The standard InChI is InChI=1S/C16H18N2O3/c1-11-4-6-13(10-17-11)18-16(19)9-12-5-7-14(20-2)15(8-12)21-3/h4-8,10H,9H2,1-3H3,(H,18,19). The number of hydrogen-bond donors (Lipinski definition) is 1. The normalized spacial score (nSPS) is 10.0. The molecular weight excluding hydrogens is 268 g/mol. The first-order valence-corrected chi connectivity index (χ1v) is 6.56. The van der Waals surface area contributed by atoms with Gasteiger partial charge in [-0.2, -0.15) is 0 Å². The van der Waals surface area contributed by atoms with Gasteiger partial charge in [-0.25, -0.2) is 0 Å². The van der Waals surface area contributed by atoms with Gasteiger partial charge in [-0.05, 0) is 36.8 Å². The van der Waals surface area contributed by atoms with Crippen LogP contribution in [-0.4, -0.2) is 25.1 Å². The van der Waals surface area contributed by atoms with Gasteiger partial charge in [0.15, 0.2) is 11.5 Å². The monoisotopic (exact) mass is 286 g/mol. The molecule has 110 valence electrons. The van der Waals surface area contributed by atoms with E-state index in [2.05, 4.69) is 10.3 Å². The highest BCUT2D eigenvalue weighted by molar-refractivity contribution is 5.92. The minimum absolute atomic E-state index is 0.104. The van der Waals surface area contributed by atoms with Gasteiger partial charge >= 0.3 is 0 Å². The number of nitrogens with one attached hydrogen (secondary N) is 1. The molecule has 0 unspecified atom stereocenters. The third-order valence-corrected chi connectivity index (χ3v) is 3.01. The summed E-state index contributed by atoms with van der Waals surface area (Å²) >= 11 is 0. The van der Waals surface area contributed by atoms with Gasteiger partial charge in [0.05, 0.1) is 32.5 Å². The van der Waals surface area contributed by atoms with Gasteiger partial charge in [-0.1, -0.05) is 6.07 Å². The minimum Gasteiger partial charge on any atom is -0.493 e. The Morgan fingerprint density at radius 3 is 2.52 bits per heavy atom. The first-order chi connectivity index (χ1) is 10.1. The fourth-order valence-electron chi connectivity index (χ4n) is 1.92. The number of rotatable bonds is 5. The number of ether oxygens (including phenoxy) is 2. The molecule has 21 heavy (non-hydrogen) atoms. The zero-order valence-corrected chi connectivity index (χ0v) is 12.3. The molecule has 0 fully saturated rings. The number of carbonyl (C=O) groups excluding carboxylic acids is 1. The van der Waals surface area contributed by atoms with Crippen molar-refractivity contribution in [1.82, 2.24) is 4.98 Å². The maximum atomic E-state index is 12.0. The van der Waals surface area contributed by atoms with Crippen molar-refractivity contribution in [3.8, 4) is 11.5 Å². The molecule has 0 saturated carbocycles. The molecule has 2 aromatic rings. The maximum absolute atomic E-state index is 12.0. The SMILES string of the molecule is COc1ccc(CC(=O)Nc2ccc(C)nc2)cc1OC. The third kappa shape index (κ3) is 3.95. The van der Waals surface area contributed by atoms with Gasteiger partial charge in [0.1, 0.15) is 0 Å². The van der Waals surface area contributed by atoms with Gasteiger partial charge in [0, 0.05) is 5.69 Å². The number of pyridine rings is 1. The van der Waals surface area contributed by atoms with Crippen molar-refractivity contribution >= 4 is 11.6 Å². The Morgan fingerprint density at radius 1 is 1.14 bits per heavy atom. The number of amides is 1. The second kappa shape index (κ2) is 6.74. The van der Waals surface area contributed by atoms with Crippen LogP contribution in [0.3, 0.4) is 0 Å². The van der Waals surface area contributed by atoms with Gasteiger partial charge in [0.2, 0.25) is 5.91 Å². The van der Waals surface area contributed by atoms with Crippen LogP contribution in [0.2, 0.25) is 0 Å². The lowest BCUT2D eigenvalue weighted by Crippen LogP contribution is -2.14. The second-order valence-corrected chi connectivity index (χ2v) is 4.60. The van der Waals surface area contributed by atoms with E-state index in [0.29, 0.717) is 17.2 Å². The number of aromatic nitrogens is 1.